The maximum atomic E-state index is 7.89. The molecule has 122 valence electrons. The van der Waals surface area contributed by atoms with Crippen LogP contribution in [-0.2, 0) is 6.42 Å². The van der Waals surface area contributed by atoms with E-state index in [1.165, 1.54) is 11.8 Å². The summed E-state index contributed by atoms with van der Waals surface area (Å²) in [4.78, 5) is 4.41. The molecule has 0 spiro atoms. The van der Waals surface area contributed by atoms with Gasteiger partial charge in [-0.25, -0.2) is 0 Å². The molecule has 1 nitrogen and oxygen atoms in total. The van der Waals surface area contributed by atoms with Crippen molar-refractivity contribution >= 4 is 0 Å². The first kappa shape index (κ1) is 12.9. The zero-order valence-corrected chi connectivity index (χ0v) is 14.5. The Morgan fingerprint density at radius 2 is 1.62 bits per heavy atom. The van der Waals surface area contributed by atoms with Gasteiger partial charge in [0.1, 0.15) is 0 Å². The van der Waals surface area contributed by atoms with E-state index >= 15 is 0 Å². The number of hydrogen-bond donors (Lipinski definition) is 0. The molecule has 0 aliphatic carbocycles. The maximum Gasteiger partial charge on any atom is 0.0708 e. The summed E-state index contributed by atoms with van der Waals surface area (Å²) in [6.07, 6.45) is 2.47. The third-order valence-electron chi connectivity index (χ3n) is 3.97. The summed E-state index contributed by atoms with van der Waals surface area (Å²) in [5.74, 6) is 0. The van der Waals surface area contributed by atoms with E-state index in [-0.39, 0.29) is 11.0 Å². The van der Waals surface area contributed by atoms with Crippen LogP contribution in [0.1, 0.15) is 36.0 Å². The van der Waals surface area contributed by atoms with Gasteiger partial charge in [-0.1, -0.05) is 75.4 Å². The van der Waals surface area contributed by atoms with Crippen molar-refractivity contribution in [1.29, 1.82) is 0 Å². The van der Waals surface area contributed by atoms with Crippen LogP contribution in [0.3, 0.4) is 0 Å². The van der Waals surface area contributed by atoms with Crippen molar-refractivity contribution in [3.8, 4) is 22.4 Å². The van der Waals surface area contributed by atoms with Crippen molar-refractivity contribution < 1.29 is 4.11 Å². The summed E-state index contributed by atoms with van der Waals surface area (Å²) in [6.45, 7) is 4.43. The lowest BCUT2D eigenvalue weighted by molar-refractivity contribution is 0.411. The molecule has 1 heteroatoms. The van der Waals surface area contributed by atoms with E-state index in [0.717, 1.165) is 23.2 Å². The molecule has 3 aromatic rings. The Labute approximate surface area is 149 Å². The molecule has 0 unspecified atom stereocenters. The predicted octanol–water partition coefficient (Wildman–Crippen LogP) is 6.31. The number of aryl methyl sites for hydroxylation is 1. The molecule has 0 fully saturated rings. The fourth-order valence-corrected chi connectivity index (χ4v) is 2.88. The second-order valence-electron chi connectivity index (χ2n) is 7.42. The number of aromatic nitrogens is 1. The minimum Gasteiger partial charge on any atom is -0.256 e. The quantitative estimate of drug-likeness (QED) is 0.551. The highest BCUT2D eigenvalue weighted by Crippen LogP contribution is 2.29. The van der Waals surface area contributed by atoms with Crippen molar-refractivity contribution in [2.75, 3.05) is 0 Å². The molecule has 1 aromatic heterocycles. The topological polar surface area (TPSA) is 12.9 Å². The lowest BCUT2D eigenvalue weighted by Crippen LogP contribution is -2.08. The van der Waals surface area contributed by atoms with Gasteiger partial charge in [-0.3, -0.25) is 4.98 Å². The maximum absolute atomic E-state index is 7.89. The van der Waals surface area contributed by atoms with Gasteiger partial charge in [0, 0.05) is 15.9 Å². The third-order valence-corrected chi connectivity index (χ3v) is 3.97. The largest absolute Gasteiger partial charge is 0.256 e. The molecule has 0 aliphatic rings. The second-order valence-corrected chi connectivity index (χ2v) is 7.42. The van der Waals surface area contributed by atoms with Crippen LogP contribution in [0.25, 0.3) is 22.4 Å². The van der Waals surface area contributed by atoms with Crippen molar-refractivity contribution in [3.63, 3.8) is 0 Å². The Hall–Kier alpha value is -2.41. The fourth-order valence-electron chi connectivity index (χ4n) is 2.88. The molecule has 0 saturated carbocycles. The lowest BCUT2D eigenvalue weighted by Gasteiger charge is -2.18. The first-order valence-corrected chi connectivity index (χ1v) is 8.29. The molecule has 0 bridgehead atoms. The molecular formula is C23H25N. The van der Waals surface area contributed by atoms with Gasteiger partial charge in [-0.15, -0.1) is 0 Å². The molecule has 0 saturated heterocycles. The summed E-state index contributed by atoms with van der Waals surface area (Å²) in [5.41, 5.74) is 5.11. The van der Waals surface area contributed by atoms with Crippen LogP contribution >= 0.6 is 0 Å². The van der Waals surface area contributed by atoms with Gasteiger partial charge in [0.15, 0.2) is 0 Å². The molecule has 24 heavy (non-hydrogen) atoms. The summed E-state index contributed by atoms with van der Waals surface area (Å²) < 4.78 is 23.7. The van der Waals surface area contributed by atoms with E-state index in [1.54, 1.807) is 0 Å². The van der Waals surface area contributed by atoms with Crippen molar-refractivity contribution in [2.24, 2.45) is 5.41 Å². The first-order chi connectivity index (χ1) is 12.6. The normalized spacial score (nSPS) is 13.9. The molecule has 0 atom stereocenters. The highest BCUT2D eigenvalue weighted by atomic mass is 14.7. The van der Waals surface area contributed by atoms with Gasteiger partial charge >= 0.3 is 0 Å². The van der Waals surface area contributed by atoms with Crippen LogP contribution in [0.5, 0.6) is 0 Å². The zero-order chi connectivity index (χ0) is 19.7. The highest BCUT2D eigenvalue weighted by Gasteiger charge is 2.12. The van der Waals surface area contributed by atoms with Crippen molar-refractivity contribution in [1.82, 2.24) is 4.98 Å². The van der Waals surface area contributed by atoms with E-state index < -0.39 is 6.85 Å². The monoisotopic (exact) mass is 318 g/mol. The molecule has 0 aliphatic heterocycles. The smallest absolute Gasteiger partial charge is 0.0708 e. The van der Waals surface area contributed by atoms with Gasteiger partial charge in [0.2, 0.25) is 0 Å². The Morgan fingerprint density at radius 3 is 2.25 bits per heavy atom. The standard InChI is InChI=1S/C23H25N/c1-17-16-24-22(20-8-6-5-7-9-20)14-21(17)19-12-10-18(11-13-19)15-23(2,3)4/h5-14,16H,15H2,1-4H3/i1D3. The molecule has 0 amide bonds. The Bertz CT molecular complexity index is 905. The highest BCUT2D eigenvalue weighted by molar-refractivity contribution is 5.73. The number of hydrogen-bond acceptors (Lipinski definition) is 1. The SMILES string of the molecule is [2H]C([2H])([2H])c1cnc(-c2ccccc2)cc1-c1ccc(CC(C)(C)C)cc1. The molecule has 1 heterocycles. The number of nitrogens with zero attached hydrogens (tertiary/aromatic N) is 1. The average molecular weight is 318 g/mol. The zero-order valence-electron chi connectivity index (χ0n) is 17.5. The van der Waals surface area contributed by atoms with Crippen LogP contribution in [0, 0.1) is 12.3 Å². The van der Waals surface area contributed by atoms with Crippen LogP contribution in [-0.4, -0.2) is 4.98 Å². The predicted molar refractivity (Wildman–Crippen MR) is 103 cm³/mol. The minimum absolute atomic E-state index is 0.211. The second kappa shape index (κ2) is 6.60. The van der Waals surface area contributed by atoms with Crippen LogP contribution in [0.2, 0.25) is 0 Å². The molecule has 2 aromatic carbocycles. The van der Waals surface area contributed by atoms with Crippen LogP contribution in [0.4, 0.5) is 0 Å². The Morgan fingerprint density at radius 1 is 0.917 bits per heavy atom. The van der Waals surface area contributed by atoms with E-state index in [2.05, 4.69) is 37.9 Å². The van der Waals surface area contributed by atoms with Gasteiger partial charge in [0.25, 0.3) is 0 Å². The summed E-state index contributed by atoms with van der Waals surface area (Å²) >= 11 is 0. The molecule has 0 radical (unpaired) electrons. The molecular weight excluding hydrogens is 290 g/mol. The van der Waals surface area contributed by atoms with E-state index in [9.17, 15) is 0 Å². The number of pyridine rings is 1. The number of benzene rings is 2. The summed E-state index contributed by atoms with van der Waals surface area (Å²) in [6, 6.07) is 19.9. The summed E-state index contributed by atoms with van der Waals surface area (Å²) in [5, 5.41) is 0. The van der Waals surface area contributed by atoms with E-state index in [1.807, 2.05) is 48.5 Å². The van der Waals surface area contributed by atoms with Crippen molar-refractivity contribution in [3.05, 3.63) is 78.0 Å². The number of rotatable bonds is 3. The van der Waals surface area contributed by atoms with Crippen LogP contribution in [0.15, 0.2) is 66.9 Å². The van der Waals surface area contributed by atoms with E-state index in [4.69, 9.17) is 4.11 Å². The van der Waals surface area contributed by atoms with Gasteiger partial charge in [-0.05, 0) is 47.0 Å². The van der Waals surface area contributed by atoms with Crippen molar-refractivity contribution in [2.45, 2.75) is 34.0 Å². The summed E-state index contributed by atoms with van der Waals surface area (Å²) in [7, 11) is 0. The third kappa shape index (κ3) is 3.91. The fraction of sp³-hybridized carbons (Fsp3) is 0.261. The Kier molecular flexibility index (Phi) is 3.56. The van der Waals surface area contributed by atoms with Gasteiger partial charge in [0.05, 0.1) is 5.69 Å². The lowest BCUT2D eigenvalue weighted by atomic mass is 9.87. The first-order valence-electron chi connectivity index (χ1n) is 9.79. The van der Waals surface area contributed by atoms with Gasteiger partial charge in [-0.2, -0.15) is 0 Å². The Balaban J connectivity index is 2.06. The van der Waals surface area contributed by atoms with Crippen LogP contribution < -0.4 is 0 Å². The van der Waals surface area contributed by atoms with Gasteiger partial charge < -0.3 is 0 Å². The molecule has 0 N–H and O–H groups in total. The minimum atomic E-state index is -2.21. The average Bonchev–Trinajstić information content (AvgIpc) is 2.60. The van der Waals surface area contributed by atoms with E-state index in [0.29, 0.717) is 5.56 Å². The molecule has 3 rings (SSSR count).